The summed E-state index contributed by atoms with van der Waals surface area (Å²) in [5, 5.41) is 3.38. The average Bonchev–Trinajstić information content (AvgIpc) is 2.29. The molecule has 3 aromatic rings. The third-order valence-electron chi connectivity index (χ3n) is 2.45. The Kier molecular flexibility index (Phi) is 1.92. The minimum atomic E-state index is 0.990. The average molecular weight is 259 g/mol. The number of nitrogens with zero attached hydrogens (tertiary/aromatic N) is 2. The summed E-state index contributed by atoms with van der Waals surface area (Å²) in [6, 6.07) is 8.15. The van der Waals surface area contributed by atoms with Crippen molar-refractivity contribution in [3.05, 3.63) is 47.3 Å². The number of aromatic nitrogens is 2. The Hall–Kier alpha value is -1.48. The molecule has 2 nitrogen and oxygen atoms in total. The van der Waals surface area contributed by atoms with Crippen molar-refractivity contribution < 1.29 is 0 Å². The molecular weight excluding hydrogens is 252 g/mol. The topological polar surface area (TPSA) is 25.8 Å². The fourth-order valence-corrected chi connectivity index (χ4v) is 2.30. The molecule has 0 aliphatic carbocycles. The van der Waals surface area contributed by atoms with Gasteiger partial charge < -0.3 is 0 Å². The quantitative estimate of drug-likeness (QED) is 0.577. The fourth-order valence-electron chi connectivity index (χ4n) is 1.77. The molecule has 0 saturated carbocycles. The van der Waals surface area contributed by atoms with Crippen molar-refractivity contribution in [1.29, 1.82) is 0 Å². The molecule has 0 saturated heterocycles. The van der Waals surface area contributed by atoms with Crippen LogP contribution < -0.4 is 0 Å². The SMILES string of the molecule is Brc1cncc2ccc3cccnc3c12. The van der Waals surface area contributed by atoms with Crippen LogP contribution in [0.15, 0.2) is 47.3 Å². The monoisotopic (exact) mass is 258 g/mol. The molecular formula is C12H7BrN2. The lowest BCUT2D eigenvalue weighted by molar-refractivity contribution is 1.34. The van der Waals surface area contributed by atoms with Gasteiger partial charge in [-0.25, -0.2) is 0 Å². The molecule has 0 radical (unpaired) electrons. The van der Waals surface area contributed by atoms with Crippen molar-refractivity contribution in [3.8, 4) is 0 Å². The Balaban J connectivity index is 2.64. The number of fused-ring (bicyclic) bond motifs is 3. The van der Waals surface area contributed by atoms with E-state index in [0.717, 1.165) is 26.1 Å². The highest BCUT2D eigenvalue weighted by Gasteiger charge is 2.04. The first kappa shape index (κ1) is 8.80. The van der Waals surface area contributed by atoms with E-state index in [-0.39, 0.29) is 0 Å². The van der Waals surface area contributed by atoms with Gasteiger partial charge in [-0.2, -0.15) is 0 Å². The zero-order valence-corrected chi connectivity index (χ0v) is 9.40. The molecule has 2 aromatic heterocycles. The molecule has 0 atom stereocenters. The molecule has 72 valence electrons. The summed E-state index contributed by atoms with van der Waals surface area (Å²) in [5.41, 5.74) is 1.02. The number of hydrogen-bond donors (Lipinski definition) is 0. The van der Waals surface area contributed by atoms with Crippen LogP contribution in [0.4, 0.5) is 0 Å². The van der Waals surface area contributed by atoms with Crippen LogP contribution in [0.3, 0.4) is 0 Å². The predicted molar refractivity (Wildman–Crippen MR) is 64.7 cm³/mol. The van der Waals surface area contributed by atoms with Crippen LogP contribution in [0.1, 0.15) is 0 Å². The molecule has 0 spiro atoms. The Bertz CT molecular complexity index is 649. The van der Waals surface area contributed by atoms with Gasteiger partial charge in [0.15, 0.2) is 0 Å². The molecule has 2 heterocycles. The molecule has 3 rings (SSSR count). The molecule has 0 aliphatic heterocycles. The third-order valence-corrected chi connectivity index (χ3v) is 3.05. The molecule has 1 aromatic carbocycles. The zero-order chi connectivity index (χ0) is 10.3. The van der Waals surface area contributed by atoms with E-state index < -0.39 is 0 Å². The summed E-state index contributed by atoms with van der Waals surface area (Å²) in [4.78, 5) is 8.56. The van der Waals surface area contributed by atoms with Crippen molar-refractivity contribution in [2.75, 3.05) is 0 Å². The van der Waals surface area contributed by atoms with Crippen LogP contribution in [0.5, 0.6) is 0 Å². The maximum absolute atomic E-state index is 4.41. The first-order valence-electron chi connectivity index (χ1n) is 4.63. The standard InChI is InChI=1S/C12H7BrN2/c13-10-7-14-6-9-4-3-8-2-1-5-15-12(8)11(9)10/h1-7H. The zero-order valence-electron chi connectivity index (χ0n) is 7.81. The number of pyridine rings is 2. The second kappa shape index (κ2) is 3.28. The van der Waals surface area contributed by atoms with Crippen molar-refractivity contribution in [3.63, 3.8) is 0 Å². The number of rotatable bonds is 0. The summed E-state index contributed by atoms with van der Waals surface area (Å²) in [6.07, 6.45) is 5.47. The summed E-state index contributed by atoms with van der Waals surface area (Å²) in [6.45, 7) is 0. The summed E-state index contributed by atoms with van der Waals surface area (Å²) >= 11 is 3.52. The van der Waals surface area contributed by atoms with Gasteiger partial charge in [-0.1, -0.05) is 18.2 Å². The van der Waals surface area contributed by atoms with E-state index in [1.807, 2.05) is 18.5 Å². The van der Waals surface area contributed by atoms with Gasteiger partial charge in [0, 0.05) is 39.2 Å². The van der Waals surface area contributed by atoms with E-state index in [9.17, 15) is 0 Å². The summed E-state index contributed by atoms with van der Waals surface area (Å²) in [5.74, 6) is 0. The smallest absolute Gasteiger partial charge is 0.0792 e. The molecule has 0 fully saturated rings. The number of hydrogen-bond acceptors (Lipinski definition) is 2. The minimum Gasteiger partial charge on any atom is -0.263 e. The number of halogens is 1. The molecule has 3 heteroatoms. The first-order chi connectivity index (χ1) is 7.36. The Labute approximate surface area is 95.1 Å². The normalized spacial score (nSPS) is 11.0. The first-order valence-corrected chi connectivity index (χ1v) is 5.42. The highest BCUT2D eigenvalue weighted by molar-refractivity contribution is 9.10. The van der Waals surface area contributed by atoms with Crippen LogP contribution in [-0.2, 0) is 0 Å². The van der Waals surface area contributed by atoms with Crippen LogP contribution >= 0.6 is 15.9 Å². The van der Waals surface area contributed by atoms with Gasteiger partial charge in [-0.3, -0.25) is 9.97 Å². The number of benzene rings is 1. The largest absolute Gasteiger partial charge is 0.263 e. The van der Waals surface area contributed by atoms with Gasteiger partial charge in [-0.15, -0.1) is 0 Å². The van der Waals surface area contributed by atoms with Crippen LogP contribution in [0.25, 0.3) is 21.7 Å². The lowest BCUT2D eigenvalue weighted by atomic mass is 10.1. The van der Waals surface area contributed by atoms with Crippen LogP contribution in [0.2, 0.25) is 0 Å². The second-order valence-corrected chi connectivity index (χ2v) is 4.21. The summed E-state index contributed by atoms with van der Waals surface area (Å²) < 4.78 is 0.990. The van der Waals surface area contributed by atoms with Crippen molar-refractivity contribution in [1.82, 2.24) is 9.97 Å². The maximum Gasteiger partial charge on any atom is 0.0792 e. The van der Waals surface area contributed by atoms with Crippen molar-refractivity contribution >= 4 is 37.6 Å². The van der Waals surface area contributed by atoms with Gasteiger partial charge >= 0.3 is 0 Å². The van der Waals surface area contributed by atoms with Crippen LogP contribution in [-0.4, -0.2) is 9.97 Å². The Morgan fingerprint density at radius 2 is 1.87 bits per heavy atom. The minimum absolute atomic E-state index is 0.990. The van der Waals surface area contributed by atoms with Gasteiger partial charge in [0.1, 0.15) is 0 Å². The Morgan fingerprint density at radius 1 is 1.00 bits per heavy atom. The van der Waals surface area contributed by atoms with Gasteiger partial charge in [0.2, 0.25) is 0 Å². The van der Waals surface area contributed by atoms with Gasteiger partial charge in [-0.05, 0) is 22.0 Å². The highest BCUT2D eigenvalue weighted by atomic mass is 79.9. The van der Waals surface area contributed by atoms with Gasteiger partial charge in [0.05, 0.1) is 5.52 Å². The molecule has 0 amide bonds. The van der Waals surface area contributed by atoms with E-state index in [1.165, 1.54) is 0 Å². The molecule has 0 aliphatic rings. The lowest BCUT2D eigenvalue weighted by Gasteiger charge is -2.03. The van der Waals surface area contributed by atoms with E-state index in [1.54, 1.807) is 6.20 Å². The predicted octanol–water partition coefficient (Wildman–Crippen LogP) is 3.55. The van der Waals surface area contributed by atoms with E-state index in [4.69, 9.17) is 0 Å². The fraction of sp³-hybridized carbons (Fsp3) is 0. The van der Waals surface area contributed by atoms with E-state index in [2.05, 4.69) is 44.1 Å². The lowest BCUT2D eigenvalue weighted by Crippen LogP contribution is -1.83. The molecule has 0 bridgehead atoms. The summed E-state index contributed by atoms with van der Waals surface area (Å²) in [7, 11) is 0. The maximum atomic E-state index is 4.41. The third kappa shape index (κ3) is 1.31. The molecule has 15 heavy (non-hydrogen) atoms. The van der Waals surface area contributed by atoms with E-state index in [0.29, 0.717) is 0 Å². The van der Waals surface area contributed by atoms with Gasteiger partial charge in [0.25, 0.3) is 0 Å². The van der Waals surface area contributed by atoms with Crippen molar-refractivity contribution in [2.24, 2.45) is 0 Å². The highest BCUT2D eigenvalue weighted by Crippen LogP contribution is 2.28. The second-order valence-electron chi connectivity index (χ2n) is 3.36. The molecule has 0 N–H and O–H groups in total. The van der Waals surface area contributed by atoms with Crippen LogP contribution in [0, 0.1) is 0 Å². The van der Waals surface area contributed by atoms with E-state index >= 15 is 0 Å². The molecule has 0 unspecified atom stereocenters. The Morgan fingerprint density at radius 3 is 2.80 bits per heavy atom. The van der Waals surface area contributed by atoms with Crippen molar-refractivity contribution in [2.45, 2.75) is 0 Å².